The zero-order chi connectivity index (χ0) is 22.4. The fraction of sp³-hybridized carbons (Fsp3) is 0.261. The SMILES string of the molecule is CC(=O)CN(C)c1ccncc1CC(=O)c1nc(-c2ccc(CCN)cc2)cnc1N. The number of carbonyl (C=O) groups excluding carboxylic acids is 2. The summed E-state index contributed by atoms with van der Waals surface area (Å²) in [7, 11) is 1.80. The van der Waals surface area contributed by atoms with E-state index >= 15 is 0 Å². The van der Waals surface area contributed by atoms with Crippen LogP contribution < -0.4 is 16.4 Å². The van der Waals surface area contributed by atoms with E-state index in [1.807, 2.05) is 24.3 Å². The summed E-state index contributed by atoms with van der Waals surface area (Å²) in [6, 6.07) is 9.59. The molecule has 160 valence electrons. The average Bonchev–Trinajstić information content (AvgIpc) is 2.75. The first kappa shape index (κ1) is 22.0. The fourth-order valence-electron chi connectivity index (χ4n) is 3.36. The minimum absolute atomic E-state index is 0.0249. The molecule has 0 radical (unpaired) electrons. The monoisotopic (exact) mass is 418 g/mol. The normalized spacial score (nSPS) is 10.7. The summed E-state index contributed by atoms with van der Waals surface area (Å²) >= 11 is 0. The Hall–Kier alpha value is -3.65. The minimum Gasteiger partial charge on any atom is -0.382 e. The van der Waals surface area contributed by atoms with E-state index < -0.39 is 0 Å². The van der Waals surface area contributed by atoms with E-state index in [2.05, 4.69) is 15.0 Å². The van der Waals surface area contributed by atoms with E-state index in [-0.39, 0.29) is 36.0 Å². The van der Waals surface area contributed by atoms with Gasteiger partial charge >= 0.3 is 0 Å². The highest BCUT2D eigenvalue weighted by molar-refractivity contribution is 6.00. The van der Waals surface area contributed by atoms with Gasteiger partial charge < -0.3 is 16.4 Å². The number of rotatable bonds is 9. The molecule has 0 spiro atoms. The van der Waals surface area contributed by atoms with Crippen molar-refractivity contribution in [3.05, 3.63) is 65.7 Å². The zero-order valence-corrected chi connectivity index (χ0v) is 17.7. The number of anilines is 2. The summed E-state index contributed by atoms with van der Waals surface area (Å²) in [6.07, 6.45) is 5.64. The van der Waals surface area contributed by atoms with Gasteiger partial charge in [0.1, 0.15) is 11.5 Å². The summed E-state index contributed by atoms with van der Waals surface area (Å²) in [5.41, 5.74) is 15.7. The molecule has 0 fully saturated rings. The van der Waals surface area contributed by atoms with Crippen molar-refractivity contribution in [2.75, 3.05) is 30.8 Å². The maximum Gasteiger partial charge on any atom is 0.189 e. The van der Waals surface area contributed by atoms with E-state index in [1.165, 1.54) is 6.92 Å². The van der Waals surface area contributed by atoms with E-state index in [9.17, 15) is 9.59 Å². The molecule has 0 bridgehead atoms. The van der Waals surface area contributed by atoms with Crippen molar-refractivity contribution < 1.29 is 9.59 Å². The van der Waals surface area contributed by atoms with Gasteiger partial charge in [0.05, 0.1) is 18.4 Å². The lowest BCUT2D eigenvalue weighted by Crippen LogP contribution is -2.25. The van der Waals surface area contributed by atoms with Crippen LogP contribution in [0.25, 0.3) is 11.3 Å². The molecule has 8 heteroatoms. The van der Waals surface area contributed by atoms with Gasteiger partial charge in [0.15, 0.2) is 11.6 Å². The number of nitrogens with two attached hydrogens (primary N) is 2. The molecule has 0 aliphatic carbocycles. The molecule has 0 aliphatic heterocycles. The van der Waals surface area contributed by atoms with Crippen LogP contribution in [-0.2, 0) is 17.6 Å². The predicted molar refractivity (Wildman–Crippen MR) is 121 cm³/mol. The van der Waals surface area contributed by atoms with Crippen molar-refractivity contribution in [1.29, 1.82) is 0 Å². The third kappa shape index (κ3) is 5.49. The number of ketones is 2. The lowest BCUT2D eigenvalue weighted by atomic mass is 10.0. The van der Waals surface area contributed by atoms with Crippen LogP contribution in [0.4, 0.5) is 11.5 Å². The van der Waals surface area contributed by atoms with Crippen LogP contribution in [0.1, 0.15) is 28.5 Å². The molecule has 2 aromatic heterocycles. The van der Waals surface area contributed by atoms with Crippen LogP contribution >= 0.6 is 0 Å². The molecule has 0 amide bonds. The highest BCUT2D eigenvalue weighted by Crippen LogP contribution is 2.23. The largest absolute Gasteiger partial charge is 0.382 e. The van der Waals surface area contributed by atoms with Crippen LogP contribution in [0.3, 0.4) is 0 Å². The Labute approximate surface area is 181 Å². The van der Waals surface area contributed by atoms with Gasteiger partial charge in [-0.3, -0.25) is 14.6 Å². The Bertz CT molecular complexity index is 1080. The van der Waals surface area contributed by atoms with Crippen molar-refractivity contribution in [3.8, 4) is 11.3 Å². The summed E-state index contributed by atoms with van der Waals surface area (Å²) in [4.78, 5) is 39.1. The molecule has 2 heterocycles. The third-order valence-corrected chi connectivity index (χ3v) is 4.85. The standard InChI is InChI=1S/C23H26N6O2/c1-15(30)14-29(2)20-8-10-26-12-18(20)11-21(31)22-23(25)27-13-19(28-22)17-5-3-16(4-6-17)7-9-24/h3-6,8,10,12-13H,7,9,11,14,24H2,1-2H3,(H2,25,27). The fourth-order valence-corrected chi connectivity index (χ4v) is 3.36. The molecular formula is C23H26N6O2. The number of hydrogen-bond donors (Lipinski definition) is 2. The minimum atomic E-state index is -0.267. The zero-order valence-electron chi connectivity index (χ0n) is 17.7. The second-order valence-electron chi connectivity index (χ2n) is 7.39. The molecule has 0 aliphatic rings. The lowest BCUT2D eigenvalue weighted by molar-refractivity contribution is -0.115. The van der Waals surface area contributed by atoms with E-state index in [1.54, 1.807) is 36.6 Å². The van der Waals surface area contributed by atoms with Crippen molar-refractivity contribution in [1.82, 2.24) is 15.0 Å². The van der Waals surface area contributed by atoms with Crippen molar-refractivity contribution in [2.45, 2.75) is 19.8 Å². The predicted octanol–water partition coefficient (Wildman–Crippen LogP) is 2.07. The molecule has 8 nitrogen and oxygen atoms in total. The van der Waals surface area contributed by atoms with Crippen molar-refractivity contribution >= 4 is 23.1 Å². The number of benzene rings is 1. The molecule has 1 aromatic carbocycles. The van der Waals surface area contributed by atoms with Crippen LogP contribution in [0.5, 0.6) is 0 Å². The van der Waals surface area contributed by atoms with Gasteiger partial charge in [-0.1, -0.05) is 24.3 Å². The number of aromatic nitrogens is 3. The first-order valence-electron chi connectivity index (χ1n) is 9.97. The summed E-state index contributed by atoms with van der Waals surface area (Å²) in [5.74, 6) is -0.162. The molecular weight excluding hydrogens is 392 g/mol. The number of Topliss-reactive ketones (excluding diaryl/α,β-unsaturated/α-hetero) is 2. The maximum atomic E-state index is 13.0. The highest BCUT2D eigenvalue weighted by Gasteiger charge is 2.18. The molecule has 3 aromatic rings. The Morgan fingerprint density at radius 1 is 1.10 bits per heavy atom. The van der Waals surface area contributed by atoms with E-state index in [0.717, 1.165) is 23.2 Å². The lowest BCUT2D eigenvalue weighted by Gasteiger charge is -2.20. The second-order valence-corrected chi connectivity index (χ2v) is 7.39. The number of hydrogen-bond acceptors (Lipinski definition) is 8. The van der Waals surface area contributed by atoms with Gasteiger partial charge in [0.25, 0.3) is 0 Å². The van der Waals surface area contributed by atoms with Gasteiger partial charge in [0.2, 0.25) is 0 Å². The first-order chi connectivity index (χ1) is 14.9. The van der Waals surface area contributed by atoms with E-state index in [0.29, 0.717) is 17.8 Å². The highest BCUT2D eigenvalue weighted by atomic mass is 16.1. The van der Waals surface area contributed by atoms with Gasteiger partial charge in [-0.15, -0.1) is 0 Å². The van der Waals surface area contributed by atoms with Crippen molar-refractivity contribution in [2.24, 2.45) is 5.73 Å². The number of pyridine rings is 1. The summed E-state index contributed by atoms with van der Waals surface area (Å²) in [6.45, 7) is 2.34. The molecule has 3 rings (SSSR count). The van der Waals surface area contributed by atoms with Gasteiger partial charge in [-0.2, -0.15) is 0 Å². The first-order valence-corrected chi connectivity index (χ1v) is 9.97. The Morgan fingerprint density at radius 2 is 1.84 bits per heavy atom. The maximum absolute atomic E-state index is 13.0. The molecule has 0 saturated carbocycles. The van der Waals surface area contributed by atoms with Gasteiger partial charge in [0, 0.05) is 42.7 Å². The smallest absolute Gasteiger partial charge is 0.189 e. The summed E-state index contributed by atoms with van der Waals surface area (Å²) < 4.78 is 0. The van der Waals surface area contributed by atoms with Crippen LogP contribution in [0.15, 0.2) is 48.9 Å². The number of carbonyl (C=O) groups is 2. The van der Waals surface area contributed by atoms with Gasteiger partial charge in [-0.25, -0.2) is 9.97 Å². The van der Waals surface area contributed by atoms with Crippen LogP contribution in [-0.4, -0.2) is 46.7 Å². The Kier molecular flexibility index (Phi) is 7.04. The van der Waals surface area contributed by atoms with Crippen molar-refractivity contribution in [3.63, 3.8) is 0 Å². The summed E-state index contributed by atoms with van der Waals surface area (Å²) in [5, 5.41) is 0. The Balaban J connectivity index is 1.86. The number of nitrogen functional groups attached to an aromatic ring is 1. The topological polar surface area (TPSA) is 128 Å². The third-order valence-electron chi connectivity index (χ3n) is 4.85. The molecule has 0 atom stereocenters. The second kappa shape index (κ2) is 9.90. The molecule has 31 heavy (non-hydrogen) atoms. The quantitative estimate of drug-likeness (QED) is 0.506. The van der Waals surface area contributed by atoms with E-state index in [4.69, 9.17) is 11.5 Å². The molecule has 0 unspecified atom stereocenters. The van der Waals surface area contributed by atoms with Crippen LogP contribution in [0, 0.1) is 0 Å². The number of nitrogens with zero attached hydrogens (tertiary/aromatic N) is 4. The molecule has 0 saturated heterocycles. The van der Waals surface area contributed by atoms with Crippen LogP contribution in [0.2, 0.25) is 0 Å². The molecule has 4 N–H and O–H groups in total. The number of likely N-dealkylation sites (N-methyl/N-ethyl adjacent to an activating group) is 1. The van der Waals surface area contributed by atoms with Gasteiger partial charge in [-0.05, 0) is 31.5 Å². The average molecular weight is 419 g/mol. The Morgan fingerprint density at radius 3 is 2.52 bits per heavy atom.